The van der Waals surface area contributed by atoms with Crippen LogP contribution in [0.15, 0.2) is 48.5 Å². The Balaban J connectivity index is 1.39. The van der Waals surface area contributed by atoms with Gasteiger partial charge in [-0.25, -0.2) is 4.79 Å². The van der Waals surface area contributed by atoms with Crippen LogP contribution in [0.4, 0.5) is 4.79 Å². The average molecular weight is 465 g/mol. The third kappa shape index (κ3) is 4.93. The first kappa shape index (κ1) is 23.8. The summed E-state index contributed by atoms with van der Waals surface area (Å²) in [5.41, 5.74) is 4.60. The van der Waals surface area contributed by atoms with Crippen LogP contribution in [-0.4, -0.2) is 53.7 Å². The number of carboxylic acid groups (broad SMARTS) is 1. The molecular formula is C27H32N2O5. The Morgan fingerprint density at radius 1 is 1.03 bits per heavy atom. The Bertz CT molecular complexity index is 1020. The fourth-order valence-corrected chi connectivity index (χ4v) is 5.01. The van der Waals surface area contributed by atoms with Crippen molar-refractivity contribution in [3.05, 3.63) is 59.7 Å². The summed E-state index contributed by atoms with van der Waals surface area (Å²) in [5, 5.41) is 12.0. The number of rotatable bonds is 9. The molecule has 2 aliphatic rings. The maximum absolute atomic E-state index is 13.2. The van der Waals surface area contributed by atoms with Gasteiger partial charge in [-0.3, -0.25) is 9.59 Å². The van der Waals surface area contributed by atoms with Gasteiger partial charge >= 0.3 is 12.1 Å². The van der Waals surface area contributed by atoms with Gasteiger partial charge in [0.15, 0.2) is 0 Å². The number of carbonyl (C=O) groups excluding carboxylic acids is 2. The molecule has 1 saturated carbocycles. The van der Waals surface area contributed by atoms with E-state index in [0.717, 1.165) is 41.5 Å². The predicted octanol–water partition coefficient (Wildman–Crippen LogP) is 4.26. The molecule has 2 aromatic rings. The van der Waals surface area contributed by atoms with Crippen molar-refractivity contribution >= 4 is 18.0 Å². The van der Waals surface area contributed by atoms with Gasteiger partial charge in [-0.2, -0.15) is 0 Å². The Morgan fingerprint density at radius 2 is 1.62 bits per heavy atom. The van der Waals surface area contributed by atoms with Gasteiger partial charge in [0, 0.05) is 18.5 Å². The molecule has 2 aromatic carbocycles. The van der Waals surface area contributed by atoms with Gasteiger partial charge in [0.2, 0.25) is 5.91 Å². The molecule has 0 spiro atoms. The lowest BCUT2D eigenvalue weighted by Crippen LogP contribution is -2.50. The quantitative estimate of drug-likeness (QED) is 0.578. The van der Waals surface area contributed by atoms with Crippen molar-refractivity contribution in [2.45, 2.75) is 45.1 Å². The number of fused-ring (bicyclic) bond motifs is 3. The fraction of sp³-hybridized carbons (Fsp3) is 0.444. The Labute approximate surface area is 200 Å². The van der Waals surface area contributed by atoms with Crippen molar-refractivity contribution in [2.24, 2.45) is 11.8 Å². The zero-order valence-corrected chi connectivity index (χ0v) is 19.7. The summed E-state index contributed by atoms with van der Waals surface area (Å²) in [5.74, 6) is -1.60. The number of nitrogens with one attached hydrogen (secondary N) is 1. The van der Waals surface area contributed by atoms with Gasteiger partial charge in [0.05, 0.1) is 5.92 Å². The Hall–Kier alpha value is -3.35. The van der Waals surface area contributed by atoms with Crippen LogP contribution in [0, 0.1) is 11.8 Å². The highest BCUT2D eigenvalue weighted by molar-refractivity contribution is 5.84. The van der Waals surface area contributed by atoms with E-state index in [1.54, 1.807) is 13.8 Å². The van der Waals surface area contributed by atoms with Gasteiger partial charge in [-0.15, -0.1) is 0 Å². The first-order chi connectivity index (χ1) is 16.4. The number of aliphatic carboxylic acids is 1. The summed E-state index contributed by atoms with van der Waals surface area (Å²) in [7, 11) is 0. The molecule has 34 heavy (non-hydrogen) atoms. The Kier molecular flexibility index (Phi) is 7.20. The molecule has 2 aliphatic carbocycles. The van der Waals surface area contributed by atoms with Crippen LogP contribution in [0.2, 0.25) is 0 Å². The van der Waals surface area contributed by atoms with Gasteiger partial charge in [0.25, 0.3) is 0 Å². The monoisotopic (exact) mass is 464 g/mol. The van der Waals surface area contributed by atoms with Gasteiger partial charge < -0.3 is 20.1 Å². The highest BCUT2D eigenvalue weighted by Crippen LogP contribution is 2.44. The van der Waals surface area contributed by atoms with Crippen LogP contribution in [0.3, 0.4) is 0 Å². The minimum atomic E-state index is -1.04. The molecule has 0 saturated heterocycles. The van der Waals surface area contributed by atoms with Crippen molar-refractivity contribution in [3.8, 4) is 11.1 Å². The molecule has 0 aromatic heterocycles. The molecule has 180 valence electrons. The lowest BCUT2D eigenvalue weighted by Gasteiger charge is -2.37. The van der Waals surface area contributed by atoms with E-state index in [9.17, 15) is 19.5 Å². The van der Waals surface area contributed by atoms with E-state index in [1.807, 2.05) is 24.3 Å². The lowest BCUT2D eigenvalue weighted by molar-refractivity contribution is -0.149. The van der Waals surface area contributed by atoms with Crippen LogP contribution in [-0.2, 0) is 14.3 Å². The number of amides is 2. The second-order valence-corrected chi connectivity index (χ2v) is 9.46. The van der Waals surface area contributed by atoms with Crippen LogP contribution >= 0.6 is 0 Å². The second kappa shape index (κ2) is 10.3. The molecule has 4 rings (SSSR count). The zero-order chi connectivity index (χ0) is 24.2. The minimum absolute atomic E-state index is 0.0331. The second-order valence-electron chi connectivity index (χ2n) is 9.46. The molecule has 1 unspecified atom stereocenters. The maximum Gasteiger partial charge on any atom is 0.407 e. The number of alkyl carbamates (subject to hydrolysis) is 1. The zero-order valence-electron chi connectivity index (χ0n) is 19.7. The number of nitrogens with zero attached hydrogens (tertiary/aromatic N) is 1. The summed E-state index contributed by atoms with van der Waals surface area (Å²) < 4.78 is 5.60. The highest BCUT2D eigenvalue weighted by Gasteiger charge is 2.37. The van der Waals surface area contributed by atoms with E-state index in [0.29, 0.717) is 0 Å². The maximum atomic E-state index is 13.2. The van der Waals surface area contributed by atoms with E-state index < -0.39 is 18.0 Å². The number of hydrogen-bond donors (Lipinski definition) is 2. The first-order valence-electron chi connectivity index (χ1n) is 12.0. The van der Waals surface area contributed by atoms with E-state index in [4.69, 9.17) is 4.74 Å². The van der Waals surface area contributed by atoms with E-state index in [2.05, 4.69) is 29.6 Å². The molecule has 2 amide bonds. The summed E-state index contributed by atoms with van der Waals surface area (Å²) in [6, 6.07) is 16.1. The first-order valence-corrected chi connectivity index (χ1v) is 12.0. The average Bonchev–Trinajstić information content (AvgIpc) is 3.10. The fourth-order valence-electron chi connectivity index (χ4n) is 5.01. The van der Waals surface area contributed by atoms with Gasteiger partial charge in [-0.1, -0.05) is 55.0 Å². The normalized spacial score (nSPS) is 15.7. The summed E-state index contributed by atoms with van der Waals surface area (Å²) >= 11 is 0. The van der Waals surface area contributed by atoms with Crippen LogP contribution in [0.1, 0.15) is 50.2 Å². The van der Waals surface area contributed by atoms with Crippen molar-refractivity contribution in [1.82, 2.24) is 10.2 Å². The third-order valence-electron chi connectivity index (χ3n) is 7.06. The van der Waals surface area contributed by atoms with Crippen molar-refractivity contribution < 1.29 is 24.2 Å². The number of carbonyl (C=O) groups is 3. The van der Waals surface area contributed by atoms with Crippen LogP contribution in [0.25, 0.3) is 11.1 Å². The SMILES string of the molecule is CC(C)N(CC(=O)O)C(=O)C(CNC(=O)OCC1c2ccccc2-c2ccccc21)C1CCC1. The van der Waals surface area contributed by atoms with Gasteiger partial charge in [0.1, 0.15) is 13.2 Å². The molecule has 0 aliphatic heterocycles. The molecule has 1 fully saturated rings. The van der Waals surface area contributed by atoms with E-state index >= 15 is 0 Å². The molecule has 1 atom stereocenters. The summed E-state index contributed by atoms with van der Waals surface area (Å²) in [6.45, 7) is 3.61. The largest absolute Gasteiger partial charge is 0.480 e. The standard InChI is InChI=1S/C27H32N2O5/c1-17(2)29(15-25(30)31)26(32)23(18-8-7-9-18)14-28-27(33)34-16-24-21-12-5-3-10-19(21)20-11-4-6-13-22(20)24/h3-6,10-13,17-18,23-24H,7-9,14-16H2,1-2H3,(H,28,33)(H,30,31). The predicted molar refractivity (Wildman–Crippen MR) is 128 cm³/mol. The highest BCUT2D eigenvalue weighted by atomic mass is 16.5. The number of benzene rings is 2. The van der Waals surface area contributed by atoms with E-state index in [1.165, 1.54) is 4.90 Å². The van der Waals surface area contributed by atoms with Crippen molar-refractivity contribution in [2.75, 3.05) is 19.7 Å². The third-order valence-corrected chi connectivity index (χ3v) is 7.06. The minimum Gasteiger partial charge on any atom is -0.480 e. The summed E-state index contributed by atoms with van der Waals surface area (Å²) in [4.78, 5) is 38.4. The number of carboxylic acids is 1. The lowest BCUT2D eigenvalue weighted by atomic mass is 9.75. The number of ether oxygens (including phenoxy) is 1. The molecular weight excluding hydrogens is 432 g/mol. The van der Waals surface area contributed by atoms with Crippen molar-refractivity contribution in [1.29, 1.82) is 0 Å². The smallest absolute Gasteiger partial charge is 0.407 e. The molecule has 0 bridgehead atoms. The summed E-state index contributed by atoms with van der Waals surface area (Å²) in [6.07, 6.45) is 2.29. The topological polar surface area (TPSA) is 95.9 Å². The number of hydrogen-bond acceptors (Lipinski definition) is 4. The van der Waals surface area contributed by atoms with Crippen molar-refractivity contribution in [3.63, 3.8) is 0 Å². The molecule has 7 nitrogen and oxygen atoms in total. The molecule has 0 heterocycles. The van der Waals surface area contributed by atoms with Crippen LogP contribution < -0.4 is 5.32 Å². The van der Waals surface area contributed by atoms with Crippen LogP contribution in [0.5, 0.6) is 0 Å². The molecule has 2 N–H and O–H groups in total. The van der Waals surface area contributed by atoms with E-state index in [-0.39, 0.29) is 43.5 Å². The molecule has 0 radical (unpaired) electrons. The Morgan fingerprint density at radius 3 is 2.12 bits per heavy atom. The molecule has 7 heteroatoms. The van der Waals surface area contributed by atoms with Gasteiger partial charge in [-0.05, 0) is 54.9 Å².